The van der Waals surface area contributed by atoms with Crippen LogP contribution >= 0.6 is 11.3 Å². The van der Waals surface area contributed by atoms with Crippen molar-refractivity contribution in [3.05, 3.63) is 21.4 Å². The molecule has 1 aromatic rings. The van der Waals surface area contributed by atoms with Crippen molar-refractivity contribution in [2.24, 2.45) is 0 Å². The lowest BCUT2D eigenvalue weighted by atomic mass is 10.1. The fourth-order valence-corrected chi connectivity index (χ4v) is 3.34. The van der Waals surface area contributed by atoms with Crippen LogP contribution in [0.4, 0.5) is 0 Å². The molecule has 0 aromatic carbocycles. The minimum absolute atomic E-state index is 0.0673. The molecule has 1 aromatic heterocycles. The Morgan fingerprint density at radius 2 is 2.10 bits per heavy atom. The zero-order valence-electron chi connectivity index (χ0n) is 12.1. The Bertz CT molecular complexity index is 492. The van der Waals surface area contributed by atoms with E-state index in [1.807, 2.05) is 6.07 Å². The summed E-state index contributed by atoms with van der Waals surface area (Å²) in [6.07, 6.45) is 5.17. The van der Waals surface area contributed by atoms with Gasteiger partial charge in [-0.05, 0) is 37.3 Å². The maximum atomic E-state index is 12.1. The highest BCUT2D eigenvalue weighted by Crippen LogP contribution is 2.24. The topological polar surface area (TPSA) is 58.2 Å². The Balaban J connectivity index is 1.89. The van der Waals surface area contributed by atoms with Gasteiger partial charge in [0.2, 0.25) is 5.91 Å². The van der Waals surface area contributed by atoms with Crippen LogP contribution in [0.2, 0.25) is 0 Å². The van der Waals surface area contributed by atoms with Crippen LogP contribution in [-0.4, -0.2) is 24.4 Å². The third kappa shape index (κ3) is 4.07. The van der Waals surface area contributed by atoms with Crippen molar-refractivity contribution < 1.29 is 9.59 Å². The molecular weight excluding hydrogens is 272 g/mol. The second kappa shape index (κ2) is 6.88. The van der Waals surface area contributed by atoms with Gasteiger partial charge in [0.05, 0.1) is 11.4 Å². The molecule has 0 spiro atoms. The van der Waals surface area contributed by atoms with Crippen LogP contribution in [0.25, 0.3) is 0 Å². The predicted octanol–water partition coefficient (Wildman–Crippen LogP) is 2.27. The Morgan fingerprint density at radius 1 is 1.35 bits per heavy atom. The normalized spacial score (nSPS) is 14.1. The van der Waals surface area contributed by atoms with E-state index in [2.05, 4.69) is 24.5 Å². The summed E-state index contributed by atoms with van der Waals surface area (Å²) in [6.45, 7) is 4.31. The molecule has 4 nitrogen and oxygen atoms in total. The second-order valence-corrected chi connectivity index (χ2v) is 6.32. The molecule has 0 bridgehead atoms. The Morgan fingerprint density at radius 3 is 2.70 bits per heavy atom. The quantitative estimate of drug-likeness (QED) is 0.810. The lowest BCUT2D eigenvalue weighted by Gasteiger charge is -2.04. The van der Waals surface area contributed by atoms with Gasteiger partial charge in [0.1, 0.15) is 0 Å². The van der Waals surface area contributed by atoms with Gasteiger partial charge < -0.3 is 10.6 Å². The summed E-state index contributed by atoms with van der Waals surface area (Å²) in [5, 5.41) is 5.56. The van der Waals surface area contributed by atoms with E-state index in [9.17, 15) is 9.59 Å². The van der Waals surface area contributed by atoms with Gasteiger partial charge in [-0.15, -0.1) is 11.3 Å². The predicted molar refractivity (Wildman–Crippen MR) is 81.2 cm³/mol. The van der Waals surface area contributed by atoms with Crippen LogP contribution in [0.3, 0.4) is 0 Å². The van der Waals surface area contributed by atoms with E-state index in [-0.39, 0.29) is 18.4 Å². The lowest BCUT2D eigenvalue weighted by molar-refractivity contribution is -0.120. The molecule has 0 saturated heterocycles. The average molecular weight is 294 g/mol. The fraction of sp³-hybridized carbons (Fsp3) is 0.600. The maximum absolute atomic E-state index is 12.1. The molecule has 0 unspecified atom stereocenters. The molecule has 1 saturated carbocycles. The van der Waals surface area contributed by atoms with Crippen molar-refractivity contribution in [2.45, 2.75) is 52.0 Å². The summed E-state index contributed by atoms with van der Waals surface area (Å²) in [6, 6.07) is 2.30. The summed E-state index contributed by atoms with van der Waals surface area (Å²) in [5.41, 5.74) is 1.25. The van der Waals surface area contributed by atoms with E-state index in [0.29, 0.717) is 10.9 Å². The number of thiophene rings is 1. The summed E-state index contributed by atoms with van der Waals surface area (Å²) in [4.78, 5) is 25.6. The van der Waals surface area contributed by atoms with Crippen molar-refractivity contribution in [1.82, 2.24) is 10.6 Å². The van der Waals surface area contributed by atoms with Gasteiger partial charge in [0, 0.05) is 10.9 Å². The summed E-state index contributed by atoms with van der Waals surface area (Å²) >= 11 is 1.55. The maximum Gasteiger partial charge on any atom is 0.261 e. The second-order valence-electron chi connectivity index (χ2n) is 5.19. The molecule has 0 aliphatic heterocycles. The molecule has 0 atom stereocenters. The van der Waals surface area contributed by atoms with Crippen molar-refractivity contribution in [3.63, 3.8) is 0 Å². The van der Waals surface area contributed by atoms with Crippen LogP contribution in [-0.2, 0) is 17.6 Å². The van der Waals surface area contributed by atoms with Crippen molar-refractivity contribution in [3.8, 4) is 0 Å². The van der Waals surface area contributed by atoms with Gasteiger partial charge in [-0.1, -0.05) is 20.3 Å². The third-order valence-corrected chi connectivity index (χ3v) is 4.57. The molecule has 2 rings (SSSR count). The highest BCUT2D eigenvalue weighted by Gasteiger charge is 2.23. The smallest absolute Gasteiger partial charge is 0.261 e. The largest absolute Gasteiger partial charge is 0.352 e. The average Bonchev–Trinajstić information content (AvgIpc) is 3.14. The number of amides is 2. The number of hydrogen-bond acceptors (Lipinski definition) is 3. The Kier molecular flexibility index (Phi) is 5.17. The Hall–Kier alpha value is -1.36. The molecule has 1 aliphatic carbocycles. The highest BCUT2D eigenvalue weighted by molar-refractivity contribution is 7.14. The lowest BCUT2D eigenvalue weighted by Crippen LogP contribution is -2.37. The SMILES string of the molecule is CCCc1sc(C(=O)NCC(=O)NC2CC2)cc1CC. The molecular formula is C15H22N2O2S. The van der Waals surface area contributed by atoms with E-state index in [4.69, 9.17) is 0 Å². The molecule has 2 N–H and O–H groups in total. The molecule has 20 heavy (non-hydrogen) atoms. The zero-order chi connectivity index (χ0) is 14.5. The van der Waals surface area contributed by atoms with Crippen LogP contribution in [0.1, 0.15) is 53.2 Å². The number of aryl methyl sites for hydroxylation is 2. The van der Waals surface area contributed by atoms with E-state index >= 15 is 0 Å². The van der Waals surface area contributed by atoms with Crippen LogP contribution in [0.15, 0.2) is 6.07 Å². The first-order valence-corrected chi connectivity index (χ1v) is 8.14. The fourth-order valence-electron chi connectivity index (χ4n) is 2.07. The molecule has 110 valence electrons. The van der Waals surface area contributed by atoms with Gasteiger partial charge >= 0.3 is 0 Å². The number of hydrogen-bond donors (Lipinski definition) is 2. The van der Waals surface area contributed by atoms with E-state index < -0.39 is 0 Å². The first kappa shape index (κ1) is 15.0. The standard InChI is InChI=1S/C15H22N2O2S/c1-3-5-12-10(4-2)8-13(20-12)15(19)16-9-14(18)17-11-6-7-11/h8,11H,3-7,9H2,1-2H3,(H,16,19)(H,17,18). The van der Waals surface area contributed by atoms with Gasteiger partial charge in [0.25, 0.3) is 5.91 Å². The van der Waals surface area contributed by atoms with Crippen LogP contribution < -0.4 is 10.6 Å². The summed E-state index contributed by atoms with van der Waals surface area (Å²) in [7, 11) is 0. The monoisotopic (exact) mass is 294 g/mol. The van der Waals surface area contributed by atoms with Gasteiger partial charge in [-0.2, -0.15) is 0 Å². The number of rotatable bonds is 7. The van der Waals surface area contributed by atoms with Crippen molar-refractivity contribution in [1.29, 1.82) is 0 Å². The number of nitrogens with one attached hydrogen (secondary N) is 2. The van der Waals surface area contributed by atoms with Crippen LogP contribution in [0, 0.1) is 0 Å². The number of carbonyl (C=O) groups is 2. The van der Waals surface area contributed by atoms with Gasteiger partial charge in [0.15, 0.2) is 0 Å². The van der Waals surface area contributed by atoms with Crippen molar-refractivity contribution in [2.75, 3.05) is 6.54 Å². The van der Waals surface area contributed by atoms with E-state index in [0.717, 1.165) is 32.1 Å². The van der Waals surface area contributed by atoms with Crippen LogP contribution in [0.5, 0.6) is 0 Å². The van der Waals surface area contributed by atoms with Crippen molar-refractivity contribution >= 4 is 23.2 Å². The molecule has 5 heteroatoms. The van der Waals surface area contributed by atoms with E-state index in [1.165, 1.54) is 10.4 Å². The zero-order valence-corrected chi connectivity index (χ0v) is 12.9. The number of carbonyl (C=O) groups excluding carboxylic acids is 2. The minimum Gasteiger partial charge on any atom is -0.352 e. The summed E-state index contributed by atoms with van der Waals surface area (Å²) in [5.74, 6) is -0.236. The van der Waals surface area contributed by atoms with Gasteiger partial charge in [-0.25, -0.2) is 0 Å². The third-order valence-electron chi connectivity index (χ3n) is 3.33. The van der Waals surface area contributed by atoms with E-state index in [1.54, 1.807) is 11.3 Å². The highest BCUT2D eigenvalue weighted by atomic mass is 32.1. The first-order valence-electron chi connectivity index (χ1n) is 7.33. The molecule has 1 heterocycles. The Labute approximate surface area is 124 Å². The molecule has 1 aliphatic rings. The van der Waals surface area contributed by atoms with Gasteiger partial charge in [-0.3, -0.25) is 9.59 Å². The molecule has 2 amide bonds. The first-order chi connectivity index (χ1) is 9.63. The summed E-state index contributed by atoms with van der Waals surface area (Å²) < 4.78 is 0. The minimum atomic E-state index is -0.141. The molecule has 0 radical (unpaired) electrons. The molecule has 1 fully saturated rings.